The van der Waals surface area contributed by atoms with Crippen LogP contribution in [0.1, 0.15) is 18.5 Å². The highest BCUT2D eigenvalue weighted by Gasteiger charge is 2.28. The fourth-order valence-electron chi connectivity index (χ4n) is 1.59. The number of alkyl halides is 3. The molecule has 0 aliphatic heterocycles. The minimum Gasteiger partial charge on any atom is -0.497 e. The number of hydrogen-bond acceptors (Lipinski definition) is 4. The zero-order chi connectivity index (χ0) is 15.2. The van der Waals surface area contributed by atoms with Crippen LogP contribution in [-0.4, -0.2) is 33.7 Å². The van der Waals surface area contributed by atoms with E-state index in [-0.39, 0.29) is 12.6 Å². The summed E-state index contributed by atoms with van der Waals surface area (Å²) < 4.78 is 49.7. The van der Waals surface area contributed by atoms with Crippen molar-refractivity contribution in [2.45, 2.75) is 19.3 Å². The summed E-state index contributed by atoms with van der Waals surface area (Å²) >= 11 is 0. The molecule has 0 spiro atoms. The fraction of sp³-hybridized carbons (Fsp3) is 0.538. The lowest BCUT2D eigenvalue weighted by Crippen LogP contribution is -2.19. The first-order valence-electron chi connectivity index (χ1n) is 6.06. The second kappa shape index (κ2) is 7.35. The zero-order valence-electron chi connectivity index (χ0n) is 11.6. The molecule has 7 heteroatoms. The van der Waals surface area contributed by atoms with Gasteiger partial charge in [0, 0.05) is 17.7 Å². The molecule has 0 bridgehead atoms. The van der Waals surface area contributed by atoms with E-state index in [0.29, 0.717) is 11.5 Å². The summed E-state index contributed by atoms with van der Waals surface area (Å²) in [7, 11) is 3.29. The van der Waals surface area contributed by atoms with Crippen molar-refractivity contribution in [2.75, 3.05) is 27.4 Å². The number of ether oxygens (including phenoxy) is 3. The number of nitrogens with one attached hydrogen (secondary N) is 1. The van der Waals surface area contributed by atoms with Crippen LogP contribution in [0.2, 0.25) is 0 Å². The van der Waals surface area contributed by atoms with Crippen LogP contribution in [0.4, 0.5) is 13.2 Å². The van der Waals surface area contributed by atoms with Crippen LogP contribution in [0.25, 0.3) is 0 Å². The molecule has 0 amide bonds. The summed E-state index contributed by atoms with van der Waals surface area (Å²) in [6.07, 6.45) is -4.64. The van der Waals surface area contributed by atoms with Crippen molar-refractivity contribution in [2.24, 2.45) is 0 Å². The molecule has 0 fully saturated rings. The molecule has 4 nitrogen and oxygen atoms in total. The maximum absolute atomic E-state index is 11.9. The van der Waals surface area contributed by atoms with Gasteiger partial charge < -0.3 is 14.8 Å². The van der Waals surface area contributed by atoms with E-state index < -0.39 is 13.0 Å². The Hall–Kier alpha value is -1.47. The number of hydrogen-bond donors (Lipinski definition) is 1. The van der Waals surface area contributed by atoms with Crippen molar-refractivity contribution < 1.29 is 27.4 Å². The molecule has 0 aliphatic carbocycles. The van der Waals surface area contributed by atoms with Gasteiger partial charge in [0.2, 0.25) is 0 Å². The average Bonchev–Trinajstić information content (AvgIpc) is 2.41. The molecule has 1 N–H and O–H groups in total. The van der Waals surface area contributed by atoms with E-state index in [1.165, 1.54) is 7.11 Å². The van der Waals surface area contributed by atoms with Crippen LogP contribution in [-0.2, 0) is 4.74 Å². The van der Waals surface area contributed by atoms with Crippen LogP contribution < -0.4 is 14.8 Å². The summed E-state index contributed by atoms with van der Waals surface area (Å²) in [4.78, 5) is 0. The predicted octanol–water partition coefficient (Wildman–Crippen LogP) is 2.89. The average molecular weight is 293 g/mol. The maximum atomic E-state index is 11.9. The number of methoxy groups -OCH3 is 1. The van der Waals surface area contributed by atoms with E-state index >= 15 is 0 Å². The van der Waals surface area contributed by atoms with Crippen LogP contribution in [0.3, 0.4) is 0 Å². The Kier molecular flexibility index (Phi) is 6.09. The topological polar surface area (TPSA) is 39.7 Å². The third-order valence-electron chi connectivity index (χ3n) is 2.73. The molecule has 1 rings (SSSR count). The Morgan fingerprint density at radius 3 is 2.50 bits per heavy atom. The van der Waals surface area contributed by atoms with Crippen molar-refractivity contribution in [1.29, 1.82) is 0 Å². The van der Waals surface area contributed by atoms with E-state index in [2.05, 4.69) is 10.1 Å². The van der Waals surface area contributed by atoms with Gasteiger partial charge in [-0.2, -0.15) is 0 Å². The van der Waals surface area contributed by atoms with Crippen molar-refractivity contribution in [3.05, 3.63) is 23.8 Å². The van der Waals surface area contributed by atoms with Crippen molar-refractivity contribution in [3.8, 4) is 11.5 Å². The lowest BCUT2D eigenvalue weighted by atomic mass is 10.1. The fourth-order valence-corrected chi connectivity index (χ4v) is 1.59. The third-order valence-corrected chi connectivity index (χ3v) is 2.73. The monoisotopic (exact) mass is 293 g/mol. The van der Waals surface area contributed by atoms with Gasteiger partial charge in [-0.05, 0) is 20.0 Å². The van der Waals surface area contributed by atoms with E-state index in [4.69, 9.17) is 9.47 Å². The lowest BCUT2D eigenvalue weighted by molar-refractivity contribution is -0.325. The van der Waals surface area contributed by atoms with Crippen molar-refractivity contribution in [3.63, 3.8) is 0 Å². The molecule has 114 valence electrons. The normalized spacial score (nSPS) is 13.1. The van der Waals surface area contributed by atoms with Crippen LogP contribution in [0, 0.1) is 0 Å². The first-order chi connectivity index (χ1) is 9.37. The van der Waals surface area contributed by atoms with Gasteiger partial charge in [0.1, 0.15) is 18.1 Å². The molecule has 1 unspecified atom stereocenters. The highest BCUT2D eigenvalue weighted by molar-refractivity contribution is 5.42. The first-order valence-corrected chi connectivity index (χ1v) is 6.06. The van der Waals surface area contributed by atoms with Crippen LogP contribution in [0.15, 0.2) is 18.2 Å². The molecule has 0 aromatic heterocycles. The largest absolute Gasteiger partial charge is 0.522 e. The molecule has 0 saturated carbocycles. The quantitative estimate of drug-likeness (QED) is 0.785. The van der Waals surface area contributed by atoms with Gasteiger partial charge >= 0.3 is 6.36 Å². The minimum absolute atomic E-state index is 0.000518. The highest BCUT2D eigenvalue weighted by Crippen LogP contribution is 2.29. The van der Waals surface area contributed by atoms with Gasteiger partial charge in [0.15, 0.2) is 0 Å². The second-order valence-corrected chi connectivity index (χ2v) is 4.06. The predicted molar refractivity (Wildman–Crippen MR) is 68.0 cm³/mol. The smallest absolute Gasteiger partial charge is 0.497 e. The summed E-state index contributed by atoms with van der Waals surface area (Å²) in [5, 5.41) is 3.04. The van der Waals surface area contributed by atoms with E-state index in [1.807, 2.05) is 6.92 Å². The summed E-state index contributed by atoms with van der Waals surface area (Å²) in [5.41, 5.74) is 0.834. The SMILES string of the molecule is CNC(C)c1ccc(OC)cc1OCCOC(F)(F)F. The molecule has 0 aliphatic rings. The van der Waals surface area contributed by atoms with Gasteiger partial charge in [-0.15, -0.1) is 13.2 Å². The summed E-state index contributed by atoms with van der Waals surface area (Å²) in [6, 6.07) is 5.21. The number of halogens is 3. The Bertz CT molecular complexity index is 424. The minimum atomic E-state index is -4.64. The molecular formula is C13H18F3NO3. The van der Waals surface area contributed by atoms with Gasteiger partial charge in [0.05, 0.1) is 13.7 Å². The van der Waals surface area contributed by atoms with Crippen molar-refractivity contribution in [1.82, 2.24) is 5.32 Å². The molecule has 1 atom stereocenters. The molecule has 20 heavy (non-hydrogen) atoms. The van der Waals surface area contributed by atoms with Gasteiger partial charge in [-0.25, -0.2) is 0 Å². The van der Waals surface area contributed by atoms with Crippen LogP contribution >= 0.6 is 0 Å². The molecule has 0 saturated heterocycles. The molecule has 1 aromatic carbocycles. The molecule has 0 heterocycles. The molecule has 0 radical (unpaired) electrons. The van der Waals surface area contributed by atoms with E-state index in [9.17, 15) is 13.2 Å². The highest BCUT2D eigenvalue weighted by atomic mass is 19.4. The van der Waals surface area contributed by atoms with Gasteiger partial charge in [-0.3, -0.25) is 4.74 Å². The summed E-state index contributed by atoms with van der Waals surface area (Å²) in [5.74, 6) is 1.04. The Morgan fingerprint density at radius 1 is 1.25 bits per heavy atom. The third kappa shape index (κ3) is 5.26. The Morgan fingerprint density at radius 2 is 1.95 bits per heavy atom. The molecule has 1 aromatic rings. The van der Waals surface area contributed by atoms with Crippen LogP contribution in [0.5, 0.6) is 11.5 Å². The van der Waals surface area contributed by atoms with Gasteiger partial charge in [-0.1, -0.05) is 6.07 Å². The lowest BCUT2D eigenvalue weighted by Gasteiger charge is -2.17. The summed E-state index contributed by atoms with van der Waals surface area (Å²) in [6.45, 7) is 1.16. The van der Waals surface area contributed by atoms with Gasteiger partial charge in [0.25, 0.3) is 0 Å². The standard InChI is InChI=1S/C13H18F3NO3/c1-9(17-2)11-5-4-10(18-3)8-12(11)19-6-7-20-13(14,15)16/h4-5,8-9,17H,6-7H2,1-3H3. The number of benzene rings is 1. The van der Waals surface area contributed by atoms with Crippen molar-refractivity contribution >= 4 is 0 Å². The first kappa shape index (κ1) is 16.6. The zero-order valence-corrected chi connectivity index (χ0v) is 11.6. The number of rotatable bonds is 7. The Labute approximate surface area is 115 Å². The van der Waals surface area contributed by atoms with E-state index in [0.717, 1.165) is 5.56 Å². The molecular weight excluding hydrogens is 275 g/mol. The maximum Gasteiger partial charge on any atom is 0.522 e. The van der Waals surface area contributed by atoms with E-state index in [1.54, 1.807) is 25.2 Å². The second-order valence-electron chi connectivity index (χ2n) is 4.06. The Balaban J connectivity index is 2.70.